The summed E-state index contributed by atoms with van der Waals surface area (Å²) >= 11 is 0. The quantitative estimate of drug-likeness (QED) is 0.0688. The molecule has 0 bridgehead atoms. The summed E-state index contributed by atoms with van der Waals surface area (Å²) in [5.74, 6) is -2.72. The van der Waals surface area contributed by atoms with E-state index in [0.717, 1.165) is 19.3 Å². The fourth-order valence-electron chi connectivity index (χ4n) is 4.92. The molecule has 41 heavy (non-hydrogen) atoms. The summed E-state index contributed by atoms with van der Waals surface area (Å²) in [5.41, 5.74) is 11.2. The van der Waals surface area contributed by atoms with Crippen molar-refractivity contribution in [3.05, 3.63) is 0 Å². The maximum Gasteiger partial charge on any atom is 0.326 e. The van der Waals surface area contributed by atoms with E-state index < -0.39 is 29.9 Å². The smallest absolute Gasteiger partial charge is 0.326 e. The summed E-state index contributed by atoms with van der Waals surface area (Å²) in [6, 6.07) is -1.98. The maximum absolute atomic E-state index is 12.2. The lowest BCUT2D eigenvalue weighted by Crippen LogP contribution is -2.45. The van der Waals surface area contributed by atoms with Crippen LogP contribution in [0.2, 0.25) is 0 Å². The summed E-state index contributed by atoms with van der Waals surface area (Å²) in [5, 5.41) is 14.1. The molecule has 0 aliphatic carbocycles. The summed E-state index contributed by atoms with van der Waals surface area (Å²) in [6.07, 6.45) is 24.7. The third-order valence-electron chi connectivity index (χ3n) is 7.62. The van der Waals surface area contributed by atoms with Gasteiger partial charge < -0.3 is 21.9 Å². The molecule has 0 aliphatic heterocycles. The van der Waals surface area contributed by atoms with Crippen molar-refractivity contribution in [1.29, 1.82) is 0 Å². The van der Waals surface area contributed by atoms with E-state index in [1.54, 1.807) is 0 Å². The second-order valence-corrected chi connectivity index (χ2v) is 11.6. The Kier molecular flexibility index (Phi) is 26.8. The number of hydrogen-bond donors (Lipinski definition) is 5. The molecule has 0 aromatic carbocycles. The van der Waals surface area contributed by atoms with Crippen molar-refractivity contribution in [2.75, 3.05) is 6.54 Å². The van der Waals surface area contributed by atoms with Gasteiger partial charge in [0.1, 0.15) is 6.04 Å². The predicted molar refractivity (Wildman–Crippen MR) is 166 cm³/mol. The first-order chi connectivity index (χ1) is 19.8. The number of hydrogen-bond acceptors (Lipinski definition) is 6. The van der Waals surface area contributed by atoms with E-state index >= 15 is 0 Å². The zero-order valence-corrected chi connectivity index (χ0v) is 26.1. The minimum Gasteiger partial charge on any atom is -0.480 e. The number of imide groups is 1. The molecule has 9 nitrogen and oxygen atoms in total. The van der Waals surface area contributed by atoms with Crippen molar-refractivity contribution in [2.45, 2.75) is 173 Å². The monoisotopic (exact) mass is 582 g/mol. The molecule has 0 aromatic heterocycles. The van der Waals surface area contributed by atoms with E-state index in [-0.39, 0.29) is 25.2 Å². The van der Waals surface area contributed by atoms with Crippen LogP contribution in [0.3, 0.4) is 0 Å². The van der Waals surface area contributed by atoms with Crippen molar-refractivity contribution >= 4 is 23.7 Å². The van der Waals surface area contributed by atoms with Gasteiger partial charge >= 0.3 is 5.97 Å². The highest BCUT2D eigenvalue weighted by Gasteiger charge is 2.22. The lowest BCUT2D eigenvalue weighted by molar-refractivity contribution is -0.142. The van der Waals surface area contributed by atoms with Crippen LogP contribution in [0.4, 0.5) is 0 Å². The molecule has 7 N–H and O–H groups in total. The zero-order valence-electron chi connectivity index (χ0n) is 26.1. The number of carbonyl (C=O) groups is 4. The van der Waals surface area contributed by atoms with Crippen LogP contribution in [0.25, 0.3) is 0 Å². The Bertz CT molecular complexity index is 689. The SMILES string of the molecule is CCCCCCCCCCCCCCCCCCCCC(=O)NC(CCC(=O)NC(=O)[C@@H](N)CCCCN)C(=O)O. The van der Waals surface area contributed by atoms with Crippen molar-refractivity contribution in [3.63, 3.8) is 0 Å². The van der Waals surface area contributed by atoms with E-state index in [4.69, 9.17) is 11.5 Å². The van der Waals surface area contributed by atoms with Crippen LogP contribution in [-0.2, 0) is 19.2 Å². The molecule has 0 spiro atoms. The molecule has 0 rings (SSSR count). The average molecular weight is 583 g/mol. The fourth-order valence-corrected chi connectivity index (χ4v) is 4.92. The van der Waals surface area contributed by atoms with Gasteiger partial charge in [0.15, 0.2) is 0 Å². The molecule has 0 radical (unpaired) electrons. The van der Waals surface area contributed by atoms with Crippen LogP contribution in [-0.4, -0.2) is 47.4 Å². The number of carbonyl (C=O) groups excluding carboxylic acids is 3. The van der Waals surface area contributed by atoms with E-state index in [1.165, 1.54) is 96.3 Å². The molecule has 0 saturated heterocycles. The molecule has 9 heteroatoms. The number of carboxylic acid groups (broad SMARTS) is 1. The van der Waals surface area contributed by atoms with Gasteiger partial charge in [0.05, 0.1) is 6.04 Å². The highest BCUT2D eigenvalue weighted by Crippen LogP contribution is 2.14. The topological polar surface area (TPSA) is 165 Å². The number of amides is 3. The van der Waals surface area contributed by atoms with Gasteiger partial charge in [-0.2, -0.15) is 0 Å². The molecule has 2 atom stereocenters. The highest BCUT2D eigenvalue weighted by atomic mass is 16.4. The minimum atomic E-state index is -1.20. The Morgan fingerprint density at radius 2 is 1.07 bits per heavy atom. The Labute approximate surface area is 249 Å². The van der Waals surface area contributed by atoms with E-state index in [2.05, 4.69) is 17.6 Å². The number of nitrogens with one attached hydrogen (secondary N) is 2. The van der Waals surface area contributed by atoms with E-state index in [0.29, 0.717) is 25.8 Å². The number of aliphatic carboxylic acids is 1. The van der Waals surface area contributed by atoms with Gasteiger partial charge in [0.25, 0.3) is 0 Å². The third-order valence-corrected chi connectivity index (χ3v) is 7.62. The first kappa shape index (κ1) is 39.0. The van der Waals surface area contributed by atoms with Crippen molar-refractivity contribution in [3.8, 4) is 0 Å². The molecular weight excluding hydrogens is 520 g/mol. The number of unbranched alkanes of at least 4 members (excludes halogenated alkanes) is 18. The largest absolute Gasteiger partial charge is 0.480 e. The first-order valence-electron chi connectivity index (χ1n) is 16.6. The van der Waals surface area contributed by atoms with Crippen LogP contribution < -0.4 is 22.1 Å². The molecule has 0 heterocycles. The fraction of sp³-hybridized carbons (Fsp3) is 0.875. The number of carboxylic acids is 1. The highest BCUT2D eigenvalue weighted by molar-refractivity contribution is 5.97. The van der Waals surface area contributed by atoms with Crippen molar-refractivity contribution in [1.82, 2.24) is 10.6 Å². The second-order valence-electron chi connectivity index (χ2n) is 11.6. The molecular formula is C32H62N4O5. The van der Waals surface area contributed by atoms with E-state index in [9.17, 15) is 24.3 Å². The minimum absolute atomic E-state index is 0.0955. The molecule has 0 aromatic rings. The van der Waals surface area contributed by atoms with Crippen molar-refractivity contribution in [2.24, 2.45) is 11.5 Å². The van der Waals surface area contributed by atoms with Gasteiger partial charge in [-0.05, 0) is 32.2 Å². The van der Waals surface area contributed by atoms with Crippen LogP contribution in [0, 0.1) is 0 Å². The zero-order chi connectivity index (χ0) is 30.6. The van der Waals surface area contributed by atoms with Crippen LogP contribution in [0.1, 0.15) is 161 Å². The first-order valence-corrected chi connectivity index (χ1v) is 16.6. The van der Waals surface area contributed by atoms with Gasteiger partial charge in [-0.3, -0.25) is 19.7 Å². The molecule has 0 aliphatic rings. The van der Waals surface area contributed by atoms with Gasteiger partial charge in [-0.25, -0.2) is 4.79 Å². The number of rotatable bonds is 29. The lowest BCUT2D eigenvalue weighted by Gasteiger charge is -2.15. The van der Waals surface area contributed by atoms with Gasteiger partial charge in [-0.15, -0.1) is 0 Å². The van der Waals surface area contributed by atoms with Gasteiger partial charge in [-0.1, -0.05) is 122 Å². The second kappa shape index (κ2) is 28.1. The maximum atomic E-state index is 12.2. The average Bonchev–Trinajstić information content (AvgIpc) is 2.94. The summed E-state index contributed by atoms with van der Waals surface area (Å²) < 4.78 is 0. The number of nitrogens with two attached hydrogens (primary N) is 2. The van der Waals surface area contributed by atoms with E-state index in [1.807, 2.05) is 0 Å². The molecule has 240 valence electrons. The molecule has 3 amide bonds. The molecule has 0 fully saturated rings. The third kappa shape index (κ3) is 25.4. The van der Waals surface area contributed by atoms with Gasteiger partial charge in [0.2, 0.25) is 17.7 Å². The summed E-state index contributed by atoms with van der Waals surface area (Å²) in [6.45, 7) is 2.77. The predicted octanol–water partition coefficient (Wildman–Crippen LogP) is 5.87. The molecule has 1 unspecified atom stereocenters. The van der Waals surface area contributed by atoms with Crippen LogP contribution in [0.15, 0.2) is 0 Å². The van der Waals surface area contributed by atoms with Crippen molar-refractivity contribution < 1.29 is 24.3 Å². The Balaban J connectivity index is 3.75. The molecule has 0 saturated carbocycles. The standard InChI is InChI=1S/C32H62N4O5/c1-2-3-4-5-6-7-8-9-10-11-12-13-14-15-16-17-18-19-23-29(37)35-28(32(40)41)24-25-30(38)36-31(39)27(34)22-20-21-26-33/h27-28H,2-26,33-34H2,1H3,(H,35,37)(H,40,41)(H,36,38,39)/t27-,28?/m0/s1. The Morgan fingerprint density at radius 1 is 0.610 bits per heavy atom. The van der Waals surface area contributed by atoms with Crippen LogP contribution in [0.5, 0.6) is 0 Å². The summed E-state index contributed by atoms with van der Waals surface area (Å²) in [7, 11) is 0. The Morgan fingerprint density at radius 3 is 1.51 bits per heavy atom. The Hall–Kier alpha value is -2.00. The summed E-state index contributed by atoms with van der Waals surface area (Å²) in [4.78, 5) is 47.7. The lowest BCUT2D eigenvalue weighted by atomic mass is 10.0. The van der Waals surface area contributed by atoms with Crippen LogP contribution >= 0.6 is 0 Å². The normalized spacial score (nSPS) is 12.6. The van der Waals surface area contributed by atoms with Gasteiger partial charge in [0, 0.05) is 12.8 Å².